The first-order valence-electron chi connectivity index (χ1n) is 19.2. The molecule has 0 aliphatic heterocycles. The van der Waals surface area contributed by atoms with Crippen molar-refractivity contribution in [3.63, 3.8) is 0 Å². The molecule has 10 aromatic rings. The van der Waals surface area contributed by atoms with Gasteiger partial charge in [-0.2, -0.15) is 0 Å². The van der Waals surface area contributed by atoms with Crippen LogP contribution in [0.25, 0.3) is 49.8 Å². The first-order valence-corrected chi connectivity index (χ1v) is 19.2. The van der Waals surface area contributed by atoms with Crippen LogP contribution in [0.5, 0.6) is 0 Å². The van der Waals surface area contributed by atoms with Crippen molar-refractivity contribution in [2.24, 2.45) is 0 Å². The van der Waals surface area contributed by atoms with Gasteiger partial charge >= 0.3 is 0 Å². The number of anilines is 3. The highest BCUT2D eigenvalue weighted by Gasteiger charge is 2.20. The van der Waals surface area contributed by atoms with E-state index in [1.54, 1.807) is 0 Å². The van der Waals surface area contributed by atoms with Gasteiger partial charge < -0.3 is 9.47 Å². The van der Waals surface area contributed by atoms with Gasteiger partial charge in [-0.05, 0) is 102 Å². The Bertz CT molecular complexity index is 2840. The summed E-state index contributed by atoms with van der Waals surface area (Å²) in [5.74, 6) is 0.233. The molecular weight excluding hydrogens is 681 g/mol. The van der Waals surface area contributed by atoms with Crippen LogP contribution in [0.15, 0.2) is 212 Å². The van der Waals surface area contributed by atoms with E-state index in [2.05, 4.69) is 196 Å². The number of hydrogen-bond donors (Lipinski definition) is 0. The fourth-order valence-electron chi connectivity index (χ4n) is 8.12. The van der Waals surface area contributed by atoms with E-state index >= 15 is 0 Å². The van der Waals surface area contributed by atoms with Crippen LogP contribution in [0.1, 0.15) is 22.6 Å². The molecule has 0 saturated heterocycles. The maximum Gasteiger partial charge on any atom is 0.0894 e. The summed E-state index contributed by atoms with van der Waals surface area (Å²) in [7, 11) is 0. The monoisotopic (exact) mass is 718 g/mol. The lowest BCUT2D eigenvalue weighted by molar-refractivity contribution is 0.806. The second-order valence-electron chi connectivity index (χ2n) is 14.3. The molecular formula is C52H38N4. The summed E-state index contributed by atoms with van der Waals surface area (Å²) in [5.41, 5.74) is 14.4. The van der Waals surface area contributed by atoms with Crippen LogP contribution in [0.2, 0.25) is 0 Å². The maximum absolute atomic E-state index is 4.92. The Hall–Kier alpha value is -7.30. The van der Waals surface area contributed by atoms with E-state index in [-0.39, 0.29) is 5.92 Å². The molecule has 4 nitrogen and oxygen atoms in total. The van der Waals surface area contributed by atoms with Crippen LogP contribution >= 0.6 is 0 Å². The fraction of sp³-hybridized carbons (Fsp3) is 0.0385. The van der Waals surface area contributed by atoms with Crippen molar-refractivity contribution in [2.75, 3.05) is 4.90 Å². The normalized spacial score (nSPS) is 11.4. The maximum atomic E-state index is 4.92. The Kier molecular flexibility index (Phi) is 8.62. The Balaban J connectivity index is 1.13. The van der Waals surface area contributed by atoms with Crippen LogP contribution < -0.4 is 4.90 Å². The molecule has 0 radical (unpaired) electrons. The summed E-state index contributed by atoms with van der Waals surface area (Å²) in [6.07, 6.45) is 2.75. The molecule has 0 bridgehead atoms. The molecule has 8 aromatic carbocycles. The standard InChI is InChI=1S/C52H38N4/c1-5-15-38(16-6-1)45(39-17-7-2-8-18-39)33-37-25-31-51-46(34-37)47-35-44(55(41-19-9-3-10-20-41)42-21-11-4-12-22-42)30-32-52(47)56(51)43-28-26-40(27-29-43)50-36-53-48-23-13-14-24-49(48)54-50/h1-32,34-36,45H,33H2. The van der Waals surface area contributed by atoms with Gasteiger partial charge in [0.1, 0.15) is 0 Å². The number of para-hydroxylation sites is 4. The van der Waals surface area contributed by atoms with Crippen molar-refractivity contribution >= 4 is 49.9 Å². The number of aromatic nitrogens is 3. The van der Waals surface area contributed by atoms with E-state index in [4.69, 9.17) is 4.98 Å². The highest BCUT2D eigenvalue weighted by Crippen LogP contribution is 2.40. The lowest BCUT2D eigenvalue weighted by Gasteiger charge is -2.25. The van der Waals surface area contributed by atoms with Gasteiger partial charge in [-0.25, -0.2) is 4.98 Å². The second kappa shape index (κ2) is 14.5. The predicted molar refractivity (Wildman–Crippen MR) is 232 cm³/mol. The molecule has 266 valence electrons. The Morgan fingerprint density at radius 2 is 1.00 bits per heavy atom. The molecule has 0 aliphatic rings. The van der Waals surface area contributed by atoms with Gasteiger partial charge in [0, 0.05) is 45.0 Å². The zero-order valence-corrected chi connectivity index (χ0v) is 30.8. The Labute approximate surface area is 326 Å². The van der Waals surface area contributed by atoms with Crippen LogP contribution in [0, 0.1) is 0 Å². The molecule has 0 fully saturated rings. The molecule has 0 unspecified atom stereocenters. The predicted octanol–water partition coefficient (Wildman–Crippen LogP) is 13.2. The molecule has 0 amide bonds. The molecule has 2 aromatic heterocycles. The van der Waals surface area contributed by atoms with Gasteiger partial charge in [-0.1, -0.05) is 127 Å². The lowest BCUT2D eigenvalue weighted by Crippen LogP contribution is -2.09. The van der Waals surface area contributed by atoms with E-state index in [9.17, 15) is 0 Å². The molecule has 4 heteroatoms. The van der Waals surface area contributed by atoms with E-state index in [1.807, 2.05) is 30.5 Å². The molecule has 2 heterocycles. The zero-order chi connectivity index (χ0) is 37.3. The molecule has 10 rings (SSSR count). The van der Waals surface area contributed by atoms with Crippen molar-refractivity contribution < 1.29 is 0 Å². The van der Waals surface area contributed by atoms with Gasteiger partial charge in [-0.3, -0.25) is 4.98 Å². The van der Waals surface area contributed by atoms with Crippen molar-refractivity contribution in [1.82, 2.24) is 14.5 Å². The number of hydrogen-bond acceptors (Lipinski definition) is 3. The molecule has 56 heavy (non-hydrogen) atoms. The van der Waals surface area contributed by atoms with Crippen LogP contribution in [0.4, 0.5) is 17.1 Å². The molecule has 0 atom stereocenters. The van der Waals surface area contributed by atoms with Gasteiger partial charge in [0.05, 0.1) is 34.0 Å². The minimum Gasteiger partial charge on any atom is -0.310 e. The topological polar surface area (TPSA) is 34.0 Å². The smallest absolute Gasteiger partial charge is 0.0894 e. The van der Waals surface area contributed by atoms with Crippen molar-refractivity contribution in [3.05, 3.63) is 229 Å². The summed E-state index contributed by atoms with van der Waals surface area (Å²) in [6, 6.07) is 73.7. The molecule has 0 spiro atoms. The molecule has 0 N–H and O–H groups in total. The van der Waals surface area contributed by atoms with E-state index in [0.29, 0.717) is 0 Å². The van der Waals surface area contributed by atoms with Gasteiger partial charge in [0.2, 0.25) is 0 Å². The summed E-state index contributed by atoms with van der Waals surface area (Å²) >= 11 is 0. The van der Waals surface area contributed by atoms with Crippen molar-refractivity contribution in [1.29, 1.82) is 0 Å². The third-order valence-corrected chi connectivity index (χ3v) is 10.8. The highest BCUT2D eigenvalue weighted by molar-refractivity contribution is 6.11. The summed E-state index contributed by atoms with van der Waals surface area (Å²) < 4.78 is 2.40. The number of fused-ring (bicyclic) bond motifs is 4. The lowest BCUT2D eigenvalue weighted by atomic mass is 9.86. The Morgan fingerprint density at radius 1 is 0.464 bits per heavy atom. The SMILES string of the molecule is c1ccc(C(Cc2ccc3c(c2)c2cc(N(c4ccccc4)c4ccccc4)ccc2n3-c2ccc(-c3cnc4ccccc4n3)cc2)c2ccccc2)cc1. The van der Waals surface area contributed by atoms with Gasteiger partial charge in [0.25, 0.3) is 0 Å². The molecule has 0 aliphatic carbocycles. The minimum absolute atomic E-state index is 0.233. The average Bonchev–Trinajstić information content (AvgIpc) is 3.60. The summed E-state index contributed by atoms with van der Waals surface area (Å²) in [4.78, 5) is 11.9. The zero-order valence-electron chi connectivity index (χ0n) is 30.8. The fourth-order valence-corrected chi connectivity index (χ4v) is 8.12. The van der Waals surface area contributed by atoms with E-state index in [0.717, 1.165) is 57.0 Å². The minimum atomic E-state index is 0.233. The third-order valence-electron chi connectivity index (χ3n) is 10.8. The first-order chi connectivity index (χ1) is 27.8. The van der Waals surface area contributed by atoms with Gasteiger partial charge in [-0.15, -0.1) is 0 Å². The second-order valence-corrected chi connectivity index (χ2v) is 14.3. The first kappa shape index (κ1) is 33.3. The third kappa shape index (κ3) is 6.27. The number of benzene rings is 8. The Morgan fingerprint density at radius 3 is 1.62 bits per heavy atom. The number of rotatable bonds is 9. The highest BCUT2D eigenvalue weighted by atomic mass is 15.1. The van der Waals surface area contributed by atoms with Crippen molar-refractivity contribution in [3.8, 4) is 16.9 Å². The van der Waals surface area contributed by atoms with E-state index in [1.165, 1.54) is 33.0 Å². The number of nitrogens with zero attached hydrogens (tertiary/aromatic N) is 4. The van der Waals surface area contributed by atoms with Crippen LogP contribution in [-0.4, -0.2) is 14.5 Å². The van der Waals surface area contributed by atoms with Crippen LogP contribution in [-0.2, 0) is 6.42 Å². The van der Waals surface area contributed by atoms with Crippen LogP contribution in [0.3, 0.4) is 0 Å². The van der Waals surface area contributed by atoms with Crippen molar-refractivity contribution in [2.45, 2.75) is 12.3 Å². The quantitative estimate of drug-likeness (QED) is 0.149. The summed E-state index contributed by atoms with van der Waals surface area (Å²) in [5, 5.41) is 2.43. The van der Waals surface area contributed by atoms with Gasteiger partial charge in [0.15, 0.2) is 0 Å². The summed E-state index contributed by atoms with van der Waals surface area (Å²) in [6.45, 7) is 0. The largest absolute Gasteiger partial charge is 0.310 e. The van der Waals surface area contributed by atoms with E-state index < -0.39 is 0 Å². The molecule has 0 saturated carbocycles. The average molecular weight is 719 g/mol.